The molecule has 0 radical (unpaired) electrons. The van der Waals surface area contributed by atoms with Gasteiger partial charge in [0, 0.05) is 7.05 Å². The largest absolute Gasteiger partial charge is 0.358 e. The summed E-state index contributed by atoms with van der Waals surface area (Å²) in [4.78, 5) is 10.7. The summed E-state index contributed by atoms with van der Waals surface area (Å²) in [6.07, 6.45) is 0. The topological polar surface area (TPSA) is 65.9 Å². The number of hydrogen-bond donors (Lipinski definition) is 0. The number of hydrogen-bond acceptors (Lipinski definition) is 4. The number of aryl methyl sites for hydroxylation is 3. The van der Waals surface area contributed by atoms with Crippen molar-refractivity contribution >= 4 is 18.0 Å². The van der Waals surface area contributed by atoms with Crippen LogP contribution in [0.25, 0.3) is 11.4 Å². The summed E-state index contributed by atoms with van der Waals surface area (Å²) in [6, 6.07) is 1.98. The van der Waals surface area contributed by atoms with Crippen molar-refractivity contribution in [3.8, 4) is 11.4 Å². The molecule has 0 aliphatic carbocycles. The summed E-state index contributed by atoms with van der Waals surface area (Å²) in [5, 5.41) is 15.4. The highest BCUT2D eigenvalue weighted by molar-refractivity contribution is 7.71. The molecule has 6 nitrogen and oxygen atoms in total. The van der Waals surface area contributed by atoms with E-state index < -0.39 is 4.92 Å². The molecule has 0 saturated carbocycles. The van der Waals surface area contributed by atoms with E-state index >= 15 is 0 Å². The van der Waals surface area contributed by atoms with Gasteiger partial charge in [0.25, 0.3) is 0 Å². The van der Waals surface area contributed by atoms with E-state index in [0.29, 0.717) is 15.9 Å². The van der Waals surface area contributed by atoms with E-state index in [9.17, 15) is 10.1 Å². The number of rotatable bonds is 2. The van der Waals surface area contributed by atoms with Gasteiger partial charge >= 0.3 is 5.82 Å². The average molecular weight is 308 g/mol. The molecule has 0 unspecified atom stereocenters. The highest BCUT2D eigenvalue weighted by Crippen LogP contribution is 2.31. The van der Waals surface area contributed by atoms with Crippen molar-refractivity contribution in [2.45, 2.75) is 28.2 Å². The second kappa shape index (κ2) is 5.77. The maximum atomic E-state index is 11.1. The Hall–Kier alpha value is -2.02. The molecule has 0 amide bonds. The van der Waals surface area contributed by atoms with Crippen molar-refractivity contribution in [3.63, 3.8) is 0 Å². The van der Waals surface area contributed by atoms with Crippen molar-refractivity contribution in [1.82, 2.24) is 14.3 Å². The van der Waals surface area contributed by atoms with Crippen LogP contribution >= 0.6 is 12.2 Å². The van der Waals surface area contributed by atoms with Crippen LogP contribution in [0, 0.1) is 35.5 Å². The van der Waals surface area contributed by atoms with E-state index in [2.05, 4.69) is 5.10 Å². The van der Waals surface area contributed by atoms with Crippen LogP contribution in [0.1, 0.15) is 24.1 Å². The zero-order chi connectivity index (χ0) is 15.2. The van der Waals surface area contributed by atoms with E-state index in [1.54, 1.807) is 14.0 Å². The lowest BCUT2D eigenvalue weighted by Gasteiger charge is -2.12. The van der Waals surface area contributed by atoms with Crippen LogP contribution < -0.4 is 0 Å². The highest BCUT2D eigenvalue weighted by Gasteiger charge is 2.25. The van der Waals surface area contributed by atoms with E-state index in [1.165, 1.54) is 4.68 Å². The maximum Gasteiger partial charge on any atom is 0.348 e. The number of nitrogens with zero attached hydrogens (tertiary/aromatic N) is 4. The summed E-state index contributed by atoms with van der Waals surface area (Å²) >= 11 is 5.37. The van der Waals surface area contributed by atoms with E-state index in [-0.39, 0.29) is 13.2 Å². The van der Waals surface area contributed by atoms with Crippen molar-refractivity contribution in [2.75, 3.05) is 0 Å². The van der Waals surface area contributed by atoms with Crippen LogP contribution in [-0.4, -0.2) is 19.3 Å². The number of aromatic nitrogens is 3. The Morgan fingerprint density at radius 2 is 1.81 bits per heavy atom. The van der Waals surface area contributed by atoms with Gasteiger partial charge in [-0.3, -0.25) is 0 Å². The molecule has 2 rings (SSSR count). The first-order valence-corrected chi connectivity index (χ1v) is 6.52. The molecule has 0 fully saturated rings. The molecular formula is C14H20N4O2S. The standard InChI is InChI=1S/C13H16N4O2S.CH4/c1-7-6-8(2)13(20)15(4)11(7)10-9(3)12(17(18)19)16(5)14-10;/h6H,1-5H3;1H4. The normalized spacial score (nSPS) is 10.3. The minimum Gasteiger partial charge on any atom is -0.358 e. The zero-order valence-electron chi connectivity index (χ0n) is 12.1. The van der Waals surface area contributed by atoms with Crippen LogP contribution in [0.3, 0.4) is 0 Å². The van der Waals surface area contributed by atoms with Gasteiger partial charge in [-0.25, -0.2) is 0 Å². The zero-order valence-corrected chi connectivity index (χ0v) is 12.9. The van der Waals surface area contributed by atoms with Crippen molar-refractivity contribution in [2.24, 2.45) is 14.1 Å². The van der Waals surface area contributed by atoms with Crippen LogP contribution in [-0.2, 0) is 14.1 Å². The molecular weight excluding hydrogens is 288 g/mol. The summed E-state index contributed by atoms with van der Waals surface area (Å²) in [6.45, 7) is 5.62. The first kappa shape index (κ1) is 17.0. The first-order chi connectivity index (χ1) is 9.25. The number of nitro groups is 1. The van der Waals surface area contributed by atoms with Gasteiger partial charge < -0.3 is 14.7 Å². The lowest BCUT2D eigenvalue weighted by atomic mass is 10.1. The lowest BCUT2D eigenvalue weighted by Crippen LogP contribution is -2.04. The van der Waals surface area contributed by atoms with Gasteiger partial charge in [0.2, 0.25) is 0 Å². The van der Waals surface area contributed by atoms with Gasteiger partial charge in [-0.05, 0) is 36.8 Å². The minimum absolute atomic E-state index is 0. The SMILES string of the molecule is C.Cc1cc(C)c(=S)n(C)c1-c1nn(C)c([N+](=O)[O-])c1C. The maximum absolute atomic E-state index is 11.1. The van der Waals surface area contributed by atoms with Crippen molar-refractivity contribution < 1.29 is 4.92 Å². The molecule has 0 aliphatic heterocycles. The minimum atomic E-state index is -0.413. The van der Waals surface area contributed by atoms with Crippen LogP contribution in [0.2, 0.25) is 0 Å². The van der Waals surface area contributed by atoms with Crippen LogP contribution in [0.15, 0.2) is 6.07 Å². The Labute approximate surface area is 129 Å². The summed E-state index contributed by atoms with van der Waals surface area (Å²) < 4.78 is 3.87. The molecule has 7 heteroatoms. The molecule has 2 aromatic rings. The Morgan fingerprint density at radius 1 is 1.24 bits per heavy atom. The van der Waals surface area contributed by atoms with Crippen molar-refractivity contribution in [3.05, 3.63) is 37.5 Å². The molecule has 21 heavy (non-hydrogen) atoms. The van der Waals surface area contributed by atoms with Gasteiger partial charge in [-0.2, -0.15) is 0 Å². The Bertz CT molecular complexity index is 774. The Balaban J connectivity index is 0.00000220. The molecule has 0 aromatic carbocycles. The Morgan fingerprint density at radius 3 is 2.29 bits per heavy atom. The second-order valence-electron chi connectivity index (χ2n) is 4.90. The average Bonchev–Trinajstić information content (AvgIpc) is 2.62. The molecule has 0 saturated heterocycles. The smallest absolute Gasteiger partial charge is 0.348 e. The molecule has 0 N–H and O–H groups in total. The summed E-state index contributed by atoms with van der Waals surface area (Å²) in [5.41, 5.74) is 3.98. The third kappa shape index (κ3) is 2.61. The van der Waals surface area contributed by atoms with Crippen molar-refractivity contribution in [1.29, 1.82) is 0 Å². The Kier molecular flexibility index (Phi) is 4.68. The predicted molar refractivity (Wildman–Crippen MR) is 86.0 cm³/mol. The van der Waals surface area contributed by atoms with Gasteiger partial charge in [-0.1, -0.05) is 30.8 Å². The molecule has 0 spiro atoms. The lowest BCUT2D eigenvalue weighted by molar-refractivity contribution is -0.392. The predicted octanol–water partition coefficient (Wildman–Crippen LogP) is 3.62. The summed E-state index contributed by atoms with van der Waals surface area (Å²) in [5.74, 6) is 0.00546. The molecule has 0 atom stereocenters. The van der Waals surface area contributed by atoms with Crippen LogP contribution in [0.4, 0.5) is 5.82 Å². The van der Waals surface area contributed by atoms with Gasteiger partial charge in [0.15, 0.2) is 0 Å². The molecule has 2 aromatic heterocycles. The van der Waals surface area contributed by atoms with Gasteiger partial charge in [0.05, 0.1) is 11.3 Å². The first-order valence-electron chi connectivity index (χ1n) is 6.11. The van der Waals surface area contributed by atoms with E-state index in [1.807, 2.05) is 31.5 Å². The third-order valence-electron chi connectivity index (χ3n) is 3.43. The van der Waals surface area contributed by atoms with Gasteiger partial charge in [-0.15, -0.1) is 4.68 Å². The summed E-state index contributed by atoms with van der Waals surface area (Å²) in [7, 11) is 3.43. The highest BCUT2D eigenvalue weighted by atomic mass is 32.1. The van der Waals surface area contributed by atoms with E-state index in [0.717, 1.165) is 16.8 Å². The second-order valence-corrected chi connectivity index (χ2v) is 5.29. The molecule has 0 bridgehead atoms. The molecule has 2 heterocycles. The quantitative estimate of drug-likeness (QED) is 0.483. The monoisotopic (exact) mass is 308 g/mol. The molecule has 0 aliphatic rings. The fourth-order valence-corrected chi connectivity index (χ4v) is 2.68. The third-order valence-corrected chi connectivity index (χ3v) is 4.02. The number of pyridine rings is 1. The van der Waals surface area contributed by atoms with Crippen LogP contribution in [0.5, 0.6) is 0 Å². The molecule has 114 valence electrons. The van der Waals surface area contributed by atoms with E-state index in [4.69, 9.17) is 12.2 Å². The fraction of sp³-hybridized carbons (Fsp3) is 0.429. The van der Waals surface area contributed by atoms with Gasteiger partial charge in [0.1, 0.15) is 17.4 Å². The fourth-order valence-electron chi connectivity index (χ4n) is 2.53.